The van der Waals surface area contributed by atoms with Crippen LogP contribution >= 0.6 is 23.2 Å². The zero-order valence-corrected chi connectivity index (χ0v) is 15.4. The molecule has 3 aromatic rings. The number of hydrogen-bond donors (Lipinski definition) is 1. The van der Waals surface area contributed by atoms with Gasteiger partial charge in [0.2, 0.25) is 0 Å². The van der Waals surface area contributed by atoms with E-state index in [9.17, 15) is 4.79 Å². The van der Waals surface area contributed by atoms with Crippen LogP contribution in [0.4, 0.5) is 0 Å². The summed E-state index contributed by atoms with van der Waals surface area (Å²) in [7, 11) is 3.64. The predicted octanol–water partition coefficient (Wildman–Crippen LogP) is 3.32. The van der Waals surface area contributed by atoms with E-state index in [0.717, 1.165) is 23.1 Å². The standard InChI is InChI=1S/C19H17Cl2NO3/c1-22(10-12-3-6-16(20)17(21)7-12)11-13-8-19(23)25-18-9-14(24-2)4-5-15(13)18/h3-9H,10-11H2,1-2H3/p+1. The molecule has 0 aliphatic carbocycles. The Morgan fingerprint density at radius 3 is 2.56 bits per heavy atom. The number of methoxy groups -OCH3 is 1. The van der Waals surface area contributed by atoms with Gasteiger partial charge in [-0.2, -0.15) is 0 Å². The number of hydrogen-bond acceptors (Lipinski definition) is 3. The Hall–Kier alpha value is -2.01. The Balaban J connectivity index is 1.86. The minimum atomic E-state index is -0.363. The molecule has 25 heavy (non-hydrogen) atoms. The van der Waals surface area contributed by atoms with E-state index < -0.39 is 0 Å². The zero-order chi connectivity index (χ0) is 18.0. The molecule has 2 aromatic carbocycles. The lowest BCUT2D eigenvalue weighted by Crippen LogP contribution is -3.06. The summed E-state index contributed by atoms with van der Waals surface area (Å²) < 4.78 is 10.5. The minimum Gasteiger partial charge on any atom is -0.497 e. The smallest absolute Gasteiger partial charge is 0.336 e. The Labute approximate surface area is 155 Å². The molecule has 1 aromatic heterocycles. The van der Waals surface area contributed by atoms with E-state index in [1.807, 2.05) is 24.3 Å². The summed E-state index contributed by atoms with van der Waals surface area (Å²) in [6.07, 6.45) is 0. The summed E-state index contributed by atoms with van der Waals surface area (Å²) in [6, 6.07) is 12.7. The van der Waals surface area contributed by atoms with Crippen molar-refractivity contribution in [1.82, 2.24) is 0 Å². The maximum Gasteiger partial charge on any atom is 0.336 e. The lowest BCUT2D eigenvalue weighted by molar-refractivity contribution is -0.907. The van der Waals surface area contributed by atoms with Crippen molar-refractivity contribution >= 4 is 34.2 Å². The van der Waals surface area contributed by atoms with Crippen molar-refractivity contribution in [3.63, 3.8) is 0 Å². The van der Waals surface area contributed by atoms with Crippen LogP contribution < -0.4 is 15.3 Å². The molecule has 1 atom stereocenters. The van der Waals surface area contributed by atoms with E-state index in [-0.39, 0.29) is 5.63 Å². The molecule has 1 heterocycles. The summed E-state index contributed by atoms with van der Waals surface area (Å²) in [5, 5.41) is 2.00. The van der Waals surface area contributed by atoms with Gasteiger partial charge in [-0.05, 0) is 24.3 Å². The molecule has 0 fully saturated rings. The van der Waals surface area contributed by atoms with Crippen LogP contribution in [-0.4, -0.2) is 14.2 Å². The quantitative estimate of drug-likeness (QED) is 0.692. The van der Waals surface area contributed by atoms with Gasteiger partial charge in [-0.15, -0.1) is 0 Å². The van der Waals surface area contributed by atoms with Gasteiger partial charge in [0.05, 0.1) is 24.2 Å². The number of halogens is 2. The number of fused-ring (bicyclic) bond motifs is 1. The first kappa shape index (κ1) is 17.8. The van der Waals surface area contributed by atoms with E-state index in [1.54, 1.807) is 25.3 Å². The van der Waals surface area contributed by atoms with Crippen molar-refractivity contribution in [1.29, 1.82) is 0 Å². The first-order chi connectivity index (χ1) is 12.0. The predicted molar refractivity (Wildman–Crippen MR) is 99.8 cm³/mol. The van der Waals surface area contributed by atoms with Gasteiger partial charge < -0.3 is 14.1 Å². The van der Waals surface area contributed by atoms with Gasteiger partial charge in [0.25, 0.3) is 0 Å². The fraction of sp³-hybridized carbons (Fsp3) is 0.211. The van der Waals surface area contributed by atoms with E-state index in [4.69, 9.17) is 32.4 Å². The van der Waals surface area contributed by atoms with Gasteiger partial charge >= 0.3 is 5.63 Å². The molecule has 130 valence electrons. The number of rotatable bonds is 5. The molecule has 0 bridgehead atoms. The van der Waals surface area contributed by atoms with Crippen LogP contribution in [0.25, 0.3) is 11.0 Å². The minimum absolute atomic E-state index is 0.363. The van der Waals surface area contributed by atoms with Gasteiger partial charge in [-0.25, -0.2) is 4.79 Å². The van der Waals surface area contributed by atoms with Crippen molar-refractivity contribution < 1.29 is 14.1 Å². The van der Waals surface area contributed by atoms with Gasteiger partial charge in [0.1, 0.15) is 24.4 Å². The van der Waals surface area contributed by atoms with E-state index in [0.29, 0.717) is 27.9 Å². The van der Waals surface area contributed by atoms with Crippen LogP contribution in [0.1, 0.15) is 11.1 Å². The fourth-order valence-electron chi connectivity index (χ4n) is 2.87. The van der Waals surface area contributed by atoms with Crippen LogP contribution in [0.15, 0.2) is 51.7 Å². The molecule has 1 unspecified atom stereocenters. The molecule has 0 radical (unpaired) electrons. The van der Waals surface area contributed by atoms with Gasteiger partial charge in [-0.3, -0.25) is 0 Å². The molecule has 1 N–H and O–H groups in total. The van der Waals surface area contributed by atoms with E-state index in [2.05, 4.69) is 7.05 Å². The highest BCUT2D eigenvalue weighted by molar-refractivity contribution is 6.42. The Kier molecular flexibility index (Phi) is 5.33. The van der Waals surface area contributed by atoms with Gasteiger partial charge in [0, 0.05) is 28.6 Å². The molecule has 3 rings (SSSR count). The monoisotopic (exact) mass is 378 g/mol. The fourth-order valence-corrected chi connectivity index (χ4v) is 3.19. The number of nitrogens with one attached hydrogen (secondary N) is 1. The summed E-state index contributed by atoms with van der Waals surface area (Å²) in [6.45, 7) is 1.43. The second-order valence-corrected chi connectivity index (χ2v) is 6.83. The summed E-state index contributed by atoms with van der Waals surface area (Å²) in [5.74, 6) is 0.657. The van der Waals surface area contributed by atoms with Crippen molar-refractivity contribution in [3.05, 3.63) is 74.1 Å². The Morgan fingerprint density at radius 2 is 1.84 bits per heavy atom. The molecule has 0 amide bonds. The maximum absolute atomic E-state index is 11.9. The second kappa shape index (κ2) is 7.48. The highest BCUT2D eigenvalue weighted by Gasteiger charge is 2.12. The van der Waals surface area contributed by atoms with E-state index >= 15 is 0 Å². The molecule has 4 nitrogen and oxygen atoms in total. The third-order valence-corrected chi connectivity index (χ3v) is 4.76. The number of benzene rings is 2. The zero-order valence-electron chi connectivity index (χ0n) is 13.9. The molecule has 0 spiro atoms. The lowest BCUT2D eigenvalue weighted by atomic mass is 10.1. The molecular formula is C19H18Cl2NO3+. The highest BCUT2D eigenvalue weighted by atomic mass is 35.5. The maximum atomic E-state index is 11.9. The van der Waals surface area contributed by atoms with Crippen molar-refractivity contribution in [3.8, 4) is 5.75 Å². The molecule has 0 aliphatic rings. The third kappa shape index (κ3) is 4.15. The Bertz CT molecular complexity index is 969. The normalized spacial score (nSPS) is 12.3. The van der Waals surface area contributed by atoms with Crippen molar-refractivity contribution in [2.24, 2.45) is 0 Å². The summed E-state index contributed by atoms with van der Waals surface area (Å²) >= 11 is 12.0. The SMILES string of the molecule is COc1ccc2c(C[NH+](C)Cc3ccc(Cl)c(Cl)c3)cc(=O)oc2c1. The largest absolute Gasteiger partial charge is 0.497 e. The first-order valence-electron chi connectivity index (χ1n) is 7.82. The third-order valence-electron chi connectivity index (χ3n) is 4.02. The molecule has 0 aliphatic heterocycles. The first-order valence-corrected chi connectivity index (χ1v) is 8.58. The van der Waals surface area contributed by atoms with Crippen molar-refractivity contribution in [2.45, 2.75) is 13.1 Å². The molecular weight excluding hydrogens is 361 g/mol. The van der Waals surface area contributed by atoms with Gasteiger partial charge in [-0.1, -0.05) is 29.3 Å². The molecule has 6 heteroatoms. The average Bonchev–Trinajstić information content (AvgIpc) is 2.57. The number of quaternary nitrogens is 1. The van der Waals surface area contributed by atoms with Gasteiger partial charge in [0.15, 0.2) is 0 Å². The highest BCUT2D eigenvalue weighted by Crippen LogP contribution is 2.23. The van der Waals surface area contributed by atoms with Crippen LogP contribution in [0.2, 0.25) is 10.0 Å². The second-order valence-electron chi connectivity index (χ2n) is 6.01. The van der Waals surface area contributed by atoms with E-state index in [1.165, 1.54) is 4.90 Å². The van der Waals surface area contributed by atoms with Crippen LogP contribution in [0, 0.1) is 0 Å². The summed E-state index contributed by atoms with van der Waals surface area (Å²) in [4.78, 5) is 13.1. The topological polar surface area (TPSA) is 43.9 Å². The van der Waals surface area contributed by atoms with Crippen LogP contribution in [-0.2, 0) is 13.1 Å². The summed E-state index contributed by atoms with van der Waals surface area (Å²) in [5.41, 5.74) is 2.19. The molecule has 0 saturated heterocycles. The lowest BCUT2D eigenvalue weighted by Gasteiger charge is -2.15. The number of ether oxygens (including phenoxy) is 1. The van der Waals surface area contributed by atoms with Crippen LogP contribution in [0.5, 0.6) is 5.75 Å². The van der Waals surface area contributed by atoms with Crippen molar-refractivity contribution in [2.75, 3.05) is 14.2 Å². The Morgan fingerprint density at radius 1 is 1.04 bits per heavy atom. The molecule has 0 saturated carbocycles. The average molecular weight is 379 g/mol. The van der Waals surface area contributed by atoms with Crippen LogP contribution in [0.3, 0.4) is 0 Å².